The van der Waals surface area contributed by atoms with Crippen molar-refractivity contribution in [2.75, 3.05) is 13.7 Å². The van der Waals surface area contributed by atoms with Crippen molar-refractivity contribution in [3.05, 3.63) is 47.4 Å². The minimum absolute atomic E-state index is 0.0469. The molecule has 0 spiro atoms. The standard InChI is InChI=1S/C19H22F3N3O2/c1-19(12-4-5-12,8-11-3-6-13(20)7-14(11)21)10-24-17(26)16-23-9-15(22)18(25-16)27-2/h3,6-7,9,12,18H,4-5,8,10H2,1-2H3,(H,23,25)(H,24,26). The molecule has 1 heterocycles. The van der Waals surface area contributed by atoms with Crippen LogP contribution in [0.5, 0.6) is 0 Å². The number of nitrogens with zero attached hydrogens (tertiary/aromatic N) is 1. The van der Waals surface area contributed by atoms with Crippen LogP contribution in [-0.2, 0) is 16.0 Å². The van der Waals surface area contributed by atoms with Crippen LogP contribution in [0.4, 0.5) is 13.2 Å². The minimum Gasteiger partial charge on any atom is -0.355 e. The maximum Gasteiger partial charge on any atom is 0.286 e. The summed E-state index contributed by atoms with van der Waals surface area (Å²) in [6, 6.07) is 3.54. The van der Waals surface area contributed by atoms with Gasteiger partial charge in [-0.2, -0.15) is 0 Å². The highest BCUT2D eigenvalue weighted by Crippen LogP contribution is 2.47. The predicted molar refractivity (Wildman–Crippen MR) is 94.5 cm³/mol. The summed E-state index contributed by atoms with van der Waals surface area (Å²) in [5.41, 5.74) is 0.0308. The second kappa shape index (κ2) is 7.72. The summed E-state index contributed by atoms with van der Waals surface area (Å²) in [5, 5.41) is 5.36. The number of rotatable bonds is 7. The number of nitrogens with one attached hydrogen (secondary N) is 2. The third-order valence-electron chi connectivity index (χ3n) is 5.11. The number of carbonyl (C=O) groups excluding carboxylic acids is 1. The largest absolute Gasteiger partial charge is 0.355 e. The molecule has 1 aromatic rings. The smallest absolute Gasteiger partial charge is 0.286 e. The lowest BCUT2D eigenvalue weighted by atomic mass is 9.78. The molecule has 3 rings (SSSR count). The quantitative estimate of drug-likeness (QED) is 0.764. The molecule has 1 aliphatic carbocycles. The Labute approximate surface area is 155 Å². The molecule has 0 aromatic heterocycles. The van der Waals surface area contributed by atoms with Crippen LogP contribution in [-0.4, -0.2) is 31.6 Å². The lowest BCUT2D eigenvalue weighted by molar-refractivity contribution is -0.115. The summed E-state index contributed by atoms with van der Waals surface area (Å²) < 4.78 is 45.5. The first kappa shape index (κ1) is 19.4. The monoisotopic (exact) mass is 381 g/mol. The predicted octanol–water partition coefficient (Wildman–Crippen LogP) is 2.82. The molecule has 5 nitrogen and oxygen atoms in total. The van der Waals surface area contributed by atoms with Crippen molar-refractivity contribution in [3.63, 3.8) is 0 Å². The number of hydrogen-bond donors (Lipinski definition) is 2. The normalized spacial score (nSPS) is 21.6. The summed E-state index contributed by atoms with van der Waals surface area (Å²) in [6.45, 7) is 2.26. The van der Waals surface area contributed by atoms with Gasteiger partial charge in [-0.05, 0) is 42.2 Å². The van der Waals surface area contributed by atoms with Gasteiger partial charge in [0.15, 0.2) is 17.9 Å². The SMILES string of the molecule is COC1NC(C(=O)NCC(C)(Cc2ccc(F)cc2F)C2CC2)=NC=C1F. The number of benzene rings is 1. The molecule has 0 radical (unpaired) electrons. The van der Waals surface area contributed by atoms with Gasteiger partial charge in [0, 0.05) is 19.7 Å². The van der Waals surface area contributed by atoms with E-state index in [1.54, 1.807) is 0 Å². The first-order valence-corrected chi connectivity index (χ1v) is 8.77. The Bertz CT molecular complexity index is 792. The molecular formula is C19H22F3N3O2. The Kier molecular flexibility index (Phi) is 5.55. The molecule has 0 saturated heterocycles. The van der Waals surface area contributed by atoms with E-state index < -0.39 is 29.6 Å². The second-order valence-corrected chi connectivity index (χ2v) is 7.28. The highest BCUT2D eigenvalue weighted by atomic mass is 19.1. The Morgan fingerprint density at radius 1 is 1.37 bits per heavy atom. The van der Waals surface area contributed by atoms with Crippen molar-refractivity contribution < 1.29 is 22.7 Å². The Balaban J connectivity index is 1.67. The fourth-order valence-corrected chi connectivity index (χ4v) is 3.32. The summed E-state index contributed by atoms with van der Waals surface area (Å²) in [7, 11) is 1.31. The van der Waals surface area contributed by atoms with E-state index in [4.69, 9.17) is 4.74 Å². The molecule has 8 heteroatoms. The number of amides is 1. The van der Waals surface area contributed by atoms with E-state index in [0.717, 1.165) is 25.1 Å². The van der Waals surface area contributed by atoms with Gasteiger partial charge >= 0.3 is 0 Å². The molecule has 146 valence electrons. The highest BCUT2D eigenvalue weighted by molar-refractivity contribution is 6.38. The van der Waals surface area contributed by atoms with Crippen LogP contribution in [0.25, 0.3) is 0 Å². The van der Waals surface area contributed by atoms with Gasteiger partial charge in [-0.15, -0.1) is 0 Å². The molecule has 2 atom stereocenters. The zero-order valence-electron chi connectivity index (χ0n) is 15.2. The molecular weight excluding hydrogens is 359 g/mol. The first-order chi connectivity index (χ1) is 12.8. The Hall–Kier alpha value is -2.35. The topological polar surface area (TPSA) is 62.7 Å². The fourth-order valence-electron chi connectivity index (χ4n) is 3.32. The van der Waals surface area contributed by atoms with Gasteiger partial charge in [0.25, 0.3) is 5.91 Å². The van der Waals surface area contributed by atoms with Gasteiger partial charge < -0.3 is 15.4 Å². The fraction of sp³-hybridized carbons (Fsp3) is 0.474. The number of aliphatic imine (C=N–C) groups is 1. The molecule has 1 fully saturated rings. The summed E-state index contributed by atoms with van der Waals surface area (Å²) in [4.78, 5) is 16.1. The van der Waals surface area contributed by atoms with Crippen LogP contribution in [0.15, 0.2) is 35.2 Å². The Morgan fingerprint density at radius 3 is 2.74 bits per heavy atom. The average molecular weight is 381 g/mol. The van der Waals surface area contributed by atoms with Crippen molar-refractivity contribution in [1.82, 2.24) is 10.6 Å². The number of ether oxygens (including phenoxy) is 1. The molecule has 2 aliphatic rings. The van der Waals surface area contributed by atoms with Crippen LogP contribution >= 0.6 is 0 Å². The maximum atomic E-state index is 14.1. The van der Waals surface area contributed by atoms with Crippen molar-refractivity contribution in [1.29, 1.82) is 0 Å². The molecule has 0 bridgehead atoms. The number of carbonyl (C=O) groups is 1. The second-order valence-electron chi connectivity index (χ2n) is 7.28. The lowest BCUT2D eigenvalue weighted by Crippen LogP contribution is -2.49. The van der Waals surface area contributed by atoms with Crippen LogP contribution in [0.1, 0.15) is 25.3 Å². The molecule has 1 amide bonds. The van der Waals surface area contributed by atoms with E-state index in [1.165, 1.54) is 19.2 Å². The Morgan fingerprint density at radius 2 is 2.11 bits per heavy atom. The third-order valence-corrected chi connectivity index (χ3v) is 5.11. The van der Waals surface area contributed by atoms with Crippen molar-refractivity contribution in [3.8, 4) is 0 Å². The van der Waals surface area contributed by atoms with Gasteiger partial charge in [0.05, 0.1) is 6.20 Å². The van der Waals surface area contributed by atoms with Gasteiger partial charge in [-0.25, -0.2) is 18.2 Å². The molecule has 1 aliphatic heterocycles. The third kappa shape index (κ3) is 4.50. The number of methoxy groups -OCH3 is 1. The molecule has 1 aromatic carbocycles. The molecule has 27 heavy (non-hydrogen) atoms. The van der Waals surface area contributed by atoms with Crippen molar-refractivity contribution in [2.45, 2.75) is 32.4 Å². The number of amidine groups is 1. The van der Waals surface area contributed by atoms with E-state index >= 15 is 0 Å². The van der Waals surface area contributed by atoms with Gasteiger partial charge in [0.2, 0.25) is 0 Å². The molecule has 2 unspecified atom stereocenters. The summed E-state index contributed by atoms with van der Waals surface area (Å²) in [5.74, 6) is -2.03. The van der Waals surface area contributed by atoms with Crippen molar-refractivity contribution in [2.24, 2.45) is 16.3 Å². The van der Waals surface area contributed by atoms with Crippen LogP contribution in [0.2, 0.25) is 0 Å². The lowest BCUT2D eigenvalue weighted by Gasteiger charge is -2.31. The summed E-state index contributed by atoms with van der Waals surface area (Å²) in [6.07, 6.45) is 2.25. The van der Waals surface area contributed by atoms with E-state index in [0.29, 0.717) is 17.9 Å². The van der Waals surface area contributed by atoms with Gasteiger partial charge in [-0.3, -0.25) is 4.79 Å². The van der Waals surface area contributed by atoms with E-state index in [-0.39, 0.29) is 17.8 Å². The maximum absolute atomic E-state index is 14.1. The van der Waals surface area contributed by atoms with E-state index in [2.05, 4.69) is 15.6 Å². The zero-order chi connectivity index (χ0) is 19.6. The molecule has 2 N–H and O–H groups in total. The molecule has 1 saturated carbocycles. The highest BCUT2D eigenvalue weighted by Gasteiger charge is 2.42. The van der Waals surface area contributed by atoms with Gasteiger partial charge in [0.1, 0.15) is 11.6 Å². The van der Waals surface area contributed by atoms with Crippen LogP contribution in [0.3, 0.4) is 0 Å². The van der Waals surface area contributed by atoms with Gasteiger partial charge in [-0.1, -0.05) is 13.0 Å². The van der Waals surface area contributed by atoms with E-state index in [9.17, 15) is 18.0 Å². The summed E-state index contributed by atoms with van der Waals surface area (Å²) >= 11 is 0. The average Bonchev–Trinajstić information content (AvgIpc) is 3.48. The van der Waals surface area contributed by atoms with E-state index in [1.807, 2.05) is 6.92 Å². The van der Waals surface area contributed by atoms with Crippen molar-refractivity contribution >= 4 is 11.7 Å². The zero-order valence-corrected chi connectivity index (χ0v) is 15.2. The van der Waals surface area contributed by atoms with Crippen LogP contribution < -0.4 is 10.6 Å². The first-order valence-electron chi connectivity index (χ1n) is 8.77. The van der Waals surface area contributed by atoms with Crippen LogP contribution in [0, 0.1) is 23.0 Å². The number of halogens is 3. The minimum atomic E-state index is -1.05. The number of hydrogen-bond acceptors (Lipinski definition) is 4.